The summed E-state index contributed by atoms with van der Waals surface area (Å²) in [5.74, 6) is -0.0374. The second kappa shape index (κ2) is 8.53. The molecule has 0 fully saturated rings. The third kappa shape index (κ3) is 4.22. The number of nitrogens with zero attached hydrogens (tertiary/aromatic N) is 2. The lowest BCUT2D eigenvalue weighted by atomic mass is 9.79. The number of fused-ring (bicyclic) bond motifs is 1. The van der Waals surface area contributed by atoms with Crippen LogP contribution in [0.25, 0.3) is 6.08 Å². The van der Waals surface area contributed by atoms with Crippen LogP contribution in [0.5, 0.6) is 0 Å². The molecule has 4 nitrogen and oxygen atoms in total. The van der Waals surface area contributed by atoms with Crippen molar-refractivity contribution in [2.75, 3.05) is 16.8 Å². The van der Waals surface area contributed by atoms with Crippen LogP contribution >= 0.6 is 11.6 Å². The smallest absolute Gasteiger partial charge is 0.266 e. The molecular weight excluding hydrogens is 394 g/mol. The summed E-state index contributed by atoms with van der Waals surface area (Å²) < 4.78 is 0. The summed E-state index contributed by atoms with van der Waals surface area (Å²) in [6.07, 6.45) is 2.71. The summed E-state index contributed by atoms with van der Waals surface area (Å²) in [4.78, 5) is 15.1. The first-order valence-electron chi connectivity index (χ1n) is 10.3. The van der Waals surface area contributed by atoms with Crippen LogP contribution in [0.15, 0.2) is 42.0 Å². The molecule has 3 rings (SSSR count). The Kier molecular flexibility index (Phi) is 6.24. The van der Waals surface area contributed by atoms with Crippen molar-refractivity contribution in [3.63, 3.8) is 0 Å². The monoisotopic (exact) mass is 421 g/mol. The zero-order valence-electron chi connectivity index (χ0n) is 18.2. The molecule has 0 bridgehead atoms. The van der Waals surface area contributed by atoms with Crippen molar-refractivity contribution < 1.29 is 4.79 Å². The molecule has 0 spiro atoms. The number of amides is 1. The van der Waals surface area contributed by atoms with Crippen molar-refractivity contribution >= 4 is 35.0 Å². The lowest BCUT2D eigenvalue weighted by Gasteiger charge is -2.47. The molecule has 1 aliphatic heterocycles. The molecular formula is C25H28ClN3O. The molecule has 2 aromatic rings. The highest BCUT2D eigenvalue weighted by Crippen LogP contribution is 2.43. The number of hydrogen-bond donors (Lipinski definition) is 1. The Hall–Kier alpha value is -2.77. The molecule has 0 saturated carbocycles. The maximum atomic E-state index is 12.7. The van der Waals surface area contributed by atoms with Crippen molar-refractivity contribution in [2.45, 2.75) is 52.5 Å². The molecule has 0 saturated heterocycles. The highest BCUT2D eigenvalue weighted by Gasteiger charge is 2.35. The Balaban J connectivity index is 1.92. The van der Waals surface area contributed by atoms with Gasteiger partial charge < -0.3 is 10.2 Å². The molecule has 1 heterocycles. The van der Waals surface area contributed by atoms with Gasteiger partial charge in [-0.1, -0.05) is 30.7 Å². The molecule has 1 unspecified atom stereocenters. The molecule has 0 radical (unpaired) electrons. The number of nitriles is 1. The first kappa shape index (κ1) is 21.9. The van der Waals surface area contributed by atoms with Crippen LogP contribution in [-0.2, 0) is 4.79 Å². The number of nitrogens with one attached hydrogen (secondary N) is 1. The lowest BCUT2D eigenvalue weighted by molar-refractivity contribution is -0.112. The van der Waals surface area contributed by atoms with Crippen molar-refractivity contribution in [2.24, 2.45) is 0 Å². The van der Waals surface area contributed by atoms with E-state index in [1.165, 1.54) is 11.3 Å². The largest absolute Gasteiger partial charge is 0.366 e. The molecule has 156 valence electrons. The predicted molar refractivity (Wildman–Crippen MR) is 125 cm³/mol. The Bertz CT molecular complexity index is 1050. The van der Waals surface area contributed by atoms with Gasteiger partial charge in [0.25, 0.3) is 5.91 Å². The van der Waals surface area contributed by atoms with Gasteiger partial charge in [0, 0.05) is 28.5 Å². The summed E-state index contributed by atoms with van der Waals surface area (Å²) in [5.41, 5.74) is 4.88. The van der Waals surface area contributed by atoms with Gasteiger partial charge in [-0.2, -0.15) is 5.26 Å². The number of hydrogen-bond acceptors (Lipinski definition) is 3. The maximum absolute atomic E-state index is 12.7. The van der Waals surface area contributed by atoms with Crippen molar-refractivity contribution in [1.82, 2.24) is 0 Å². The Labute approximate surface area is 184 Å². The van der Waals surface area contributed by atoms with E-state index in [1.807, 2.05) is 19.1 Å². The molecule has 1 N–H and O–H groups in total. The van der Waals surface area contributed by atoms with Gasteiger partial charge >= 0.3 is 0 Å². The molecule has 5 heteroatoms. The molecule has 0 aromatic heterocycles. The normalized spacial score (nSPS) is 17.8. The molecule has 1 atom stereocenters. The van der Waals surface area contributed by atoms with Gasteiger partial charge in [0.05, 0.1) is 0 Å². The number of rotatable bonds is 4. The minimum atomic E-state index is -0.440. The predicted octanol–water partition coefficient (Wildman–Crippen LogP) is 6.31. The van der Waals surface area contributed by atoms with Crippen LogP contribution in [0.4, 0.5) is 11.4 Å². The van der Waals surface area contributed by atoms with E-state index < -0.39 is 5.91 Å². The fourth-order valence-electron chi connectivity index (χ4n) is 4.44. The van der Waals surface area contributed by atoms with E-state index in [9.17, 15) is 10.1 Å². The first-order chi connectivity index (χ1) is 14.2. The molecule has 30 heavy (non-hydrogen) atoms. The highest BCUT2D eigenvalue weighted by molar-refractivity contribution is 6.31. The highest BCUT2D eigenvalue weighted by atomic mass is 35.5. The van der Waals surface area contributed by atoms with Gasteiger partial charge in [-0.15, -0.1) is 0 Å². The van der Waals surface area contributed by atoms with E-state index in [0.717, 1.165) is 24.1 Å². The number of carbonyl (C=O) groups is 1. The van der Waals surface area contributed by atoms with E-state index in [4.69, 9.17) is 11.6 Å². The minimum Gasteiger partial charge on any atom is -0.366 e. The Morgan fingerprint density at radius 2 is 2.10 bits per heavy atom. The van der Waals surface area contributed by atoms with Crippen molar-refractivity contribution in [3.8, 4) is 6.07 Å². The van der Waals surface area contributed by atoms with Gasteiger partial charge in [0.15, 0.2) is 0 Å². The van der Waals surface area contributed by atoms with E-state index in [0.29, 0.717) is 16.6 Å². The zero-order valence-corrected chi connectivity index (χ0v) is 19.0. The van der Waals surface area contributed by atoms with Gasteiger partial charge in [0.1, 0.15) is 11.6 Å². The summed E-state index contributed by atoms with van der Waals surface area (Å²) in [6.45, 7) is 11.7. The van der Waals surface area contributed by atoms with Crippen LogP contribution in [0.3, 0.4) is 0 Å². The van der Waals surface area contributed by atoms with E-state index >= 15 is 0 Å². The number of carbonyl (C=O) groups excluding carboxylic acids is 1. The van der Waals surface area contributed by atoms with Crippen molar-refractivity contribution in [3.05, 3.63) is 63.7 Å². The Morgan fingerprint density at radius 3 is 2.77 bits per heavy atom. The van der Waals surface area contributed by atoms with Gasteiger partial charge in [-0.3, -0.25) is 4.79 Å². The topological polar surface area (TPSA) is 56.1 Å². The molecule has 1 amide bonds. The fraction of sp³-hybridized carbons (Fsp3) is 0.360. The minimum absolute atomic E-state index is 0.0606. The fourth-order valence-corrected chi connectivity index (χ4v) is 4.62. The van der Waals surface area contributed by atoms with Crippen LogP contribution in [-0.4, -0.2) is 18.0 Å². The van der Waals surface area contributed by atoms with Gasteiger partial charge in [-0.05, 0) is 87.1 Å². The van der Waals surface area contributed by atoms with Crippen LogP contribution in [0.1, 0.15) is 56.7 Å². The second-order valence-electron chi connectivity index (χ2n) is 8.52. The van der Waals surface area contributed by atoms with Crippen molar-refractivity contribution in [1.29, 1.82) is 5.26 Å². The standard InChI is InChI=1S/C25H28ClN3O/c1-6-29-23-11-10-18(13-20(23)16(2)14-25(29,4)5)12-19(15-27)24(30)28-22-9-7-8-21(26)17(22)3/h7-13,16H,6,14H2,1-5H3,(H,28,30)/b19-12-. The van der Waals surface area contributed by atoms with Crippen LogP contribution in [0, 0.1) is 18.3 Å². The lowest BCUT2D eigenvalue weighted by Crippen LogP contribution is -2.48. The molecule has 0 aliphatic carbocycles. The van der Waals surface area contributed by atoms with E-state index in [2.05, 4.69) is 50.0 Å². The number of halogens is 1. The molecule has 1 aliphatic rings. The molecule has 2 aromatic carbocycles. The second-order valence-corrected chi connectivity index (χ2v) is 8.92. The zero-order chi connectivity index (χ0) is 22.1. The number of anilines is 2. The number of benzene rings is 2. The summed E-state index contributed by atoms with van der Waals surface area (Å²) in [5, 5.41) is 13.0. The van der Waals surface area contributed by atoms with E-state index in [-0.39, 0.29) is 11.1 Å². The first-order valence-corrected chi connectivity index (χ1v) is 10.7. The van der Waals surface area contributed by atoms with E-state index in [1.54, 1.807) is 24.3 Å². The van der Waals surface area contributed by atoms with Crippen LogP contribution in [0.2, 0.25) is 5.02 Å². The summed E-state index contributed by atoms with van der Waals surface area (Å²) in [7, 11) is 0. The Morgan fingerprint density at radius 1 is 1.37 bits per heavy atom. The third-order valence-corrected chi connectivity index (χ3v) is 6.33. The average Bonchev–Trinajstić information content (AvgIpc) is 2.69. The SMILES string of the molecule is CCN1c2ccc(/C=C(/C#N)C(=O)Nc3cccc(Cl)c3C)cc2C(C)CC1(C)C. The third-order valence-electron chi connectivity index (χ3n) is 5.92. The quantitative estimate of drug-likeness (QED) is 0.465. The summed E-state index contributed by atoms with van der Waals surface area (Å²) >= 11 is 6.13. The van der Waals surface area contributed by atoms with Gasteiger partial charge in [0.2, 0.25) is 0 Å². The van der Waals surface area contributed by atoms with Crippen LogP contribution < -0.4 is 10.2 Å². The summed E-state index contributed by atoms with van der Waals surface area (Å²) in [6, 6.07) is 13.5. The average molecular weight is 422 g/mol. The van der Waals surface area contributed by atoms with Gasteiger partial charge in [-0.25, -0.2) is 0 Å². The maximum Gasteiger partial charge on any atom is 0.266 e.